The predicted molar refractivity (Wildman–Crippen MR) is 84.2 cm³/mol. The van der Waals surface area contributed by atoms with Crippen LogP contribution in [0.25, 0.3) is 0 Å². The fourth-order valence-electron chi connectivity index (χ4n) is 1.95. The summed E-state index contributed by atoms with van der Waals surface area (Å²) in [7, 11) is -6.39. The number of urea groups is 2. The van der Waals surface area contributed by atoms with Crippen molar-refractivity contribution in [3.8, 4) is 0 Å². The summed E-state index contributed by atoms with van der Waals surface area (Å²) in [5.41, 5.74) is 0. The van der Waals surface area contributed by atoms with Gasteiger partial charge in [-0.15, -0.1) is 0 Å². The molecule has 28 heavy (non-hydrogen) atoms. The van der Waals surface area contributed by atoms with E-state index in [2.05, 4.69) is 0 Å². The van der Waals surface area contributed by atoms with Crippen molar-refractivity contribution in [3.05, 3.63) is 0 Å². The maximum atomic E-state index is 13.5. The maximum Gasteiger partial charge on any atom is 0.441 e. The Bertz CT molecular complexity index is 884. The van der Waals surface area contributed by atoms with Crippen LogP contribution in [0.3, 0.4) is 0 Å². The van der Waals surface area contributed by atoms with Gasteiger partial charge in [-0.2, -0.15) is 17.2 Å². The molecule has 2 fully saturated rings. The highest BCUT2D eigenvalue weighted by Gasteiger charge is 2.62. The molecular formula is C11H15F3N4O8S2. The van der Waals surface area contributed by atoms with Crippen molar-refractivity contribution in [1.29, 1.82) is 0 Å². The van der Waals surface area contributed by atoms with Gasteiger partial charge in [-0.05, 0) is 6.92 Å². The topological polar surface area (TPSA) is 150 Å². The molecule has 2 heterocycles. The zero-order chi connectivity index (χ0) is 22.6. The number of hydrogen-bond acceptors (Lipinski definition) is 8. The minimum absolute atomic E-state index is 0.0566. The molecule has 0 aromatic rings. The summed E-state index contributed by atoms with van der Waals surface area (Å²) in [4.78, 5) is 44.5. The first-order valence-electron chi connectivity index (χ1n) is 6.95. The first kappa shape index (κ1) is 23.6. The normalized spacial score (nSPS) is 28.9. The van der Waals surface area contributed by atoms with Crippen LogP contribution in [0, 0.1) is 0 Å². The molecule has 2 aliphatic heterocycles. The number of carbonyl (C=O) groups is 4. The van der Waals surface area contributed by atoms with E-state index in [1.54, 1.807) is 0 Å². The fourth-order valence-corrected chi connectivity index (χ4v) is 4.18. The van der Waals surface area contributed by atoms with Gasteiger partial charge in [-0.3, -0.25) is 19.4 Å². The van der Waals surface area contributed by atoms with E-state index in [1.807, 2.05) is 0 Å². The molecule has 2 saturated heterocycles. The Morgan fingerprint density at radius 3 is 1.39 bits per heavy atom. The third kappa shape index (κ3) is 2.97. The van der Waals surface area contributed by atoms with Crippen LogP contribution in [-0.2, 0) is 29.6 Å². The van der Waals surface area contributed by atoms with Crippen LogP contribution in [0.4, 0.5) is 22.8 Å². The SMILES string of the molecule is CN1C(=O)N(C)S(=O)(=O)C(C)(F)C1=O.CN1C(=O)N(C)S(=O)(=O)C(F)(F)C1=O. The van der Waals surface area contributed by atoms with Crippen molar-refractivity contribution in [2.24, 2.45) is 0 Å². The monoisotopic (exact) mass is 452 g/mol. The quantitative estimate of drug-likeness (QED) is 0.452. The van der Waals surface area contributed by atoms with Crippen molar-refractivity contribution in [2.75, 3.05) is 28.2 Å². The molecule has 0 N–H and O–H groups in total. The zero-order valence-electron chi connectivity index (χ0n) is 15.0. The average molecular weight is 452 g/mol. The van der Waals surface area contributed by atoms with Gasteiger partial charge in [-0.25, -0.2) is 31.0 Å². The van der Waals surface area contributed by atoms with Gasteiger partial charge in [0, 0.05) is 28.2 Å². The molecule has 0 bridgehead atoms. The summed E-state index contributed by atoms with van der Waals surface area (Å²) in [5, 5.41) is -7.66. The average Bonchev–Trinajstić information content (AvgIpc) is 2.61. The molecule has 0 aromatic carbocycles. The third-order valence-electron chi connectivity index (χ3n) is 3.88. The molecule has 12 nitrogen and oxygen atoms in total. The van der Waals surface area contributed by atoms with Gasteiger partial charge < -0.3 is 0 Å². The van der Waals surface area contributed by atoms with Crippen molar-refractivity contribution in [1.82, 2.24) is 18.4 Å². The molecule has 2 rings (SSSR count). The lowest BCUT2D eigenvalue weighted by Gasteiger charge is -2.35. The fraction of sp³-hybridized carbons (Fsp3) is 0.636. The first-order chi connectivity index (χ1) is 12.3. The number of hydrogen-bond donors (Lipinski definition) is 0. The summed E-state index contributed by atoms with van der Waals surface area (Å²) >= 11 is 0. The van der Waals surface area contributed by atoms with E-state index in [1.165, 1.54) is 0 Å². The highest BCUT2D eigenvalue weighted by atomic mass is 32.2. The molecule has 1 unspecified atom stereocenters. The van der Waals surface area contributed by atoms with E-state index >= 15 is 0 Å². The highest BCUT2D eigenvalue weighted by molar-refractivity contribution is 7.92. The summed E-state index contributed by atoms with van der Waals surface area (Å²) in [6.07, 6.45) is 0. The van der Waals surface area contributed by atoms with E-state index in [0.717, 1.165) is 21.1 Å². The molecular weight excluding hydrogens is 437 g/mol. The van der Waals surface area contributed by atoms with Gasteiger partial charge in [0.25, 0.3) is 15.9 Å². The summed E-state index contributed by atoms with van der Waals surface area (Å²) in [6.45, 7) is 0.615. The standard InChI is InChI=1S/C6H9FN2O4S.C5H6F2N2O4S/c1-6(7)4(10)8(2)5(11)9(3)14(6,12)13;1-8-3(10)5(6,7)14(12,13)9(2)4(8)11/h1-3H3;1-2H3. The number of rotatable bonds is 0. The molecule has 0 aromatic heterocycles. The number of sulfonamides is 2. The Balaban J connectivity index is 0.000000280. The molecule has 0 spiro atoms. The number of amides is 6. The number of alkyl halides is 3. The van der Waals surface area contributed by atoms with Crippen LogP contribution < -0.4 is 0 Å². The predicted octanol–water partition coefficient (Wildman–Crippen LogP) is -1.04. The van der Waals surface area contributed by atoms with Gasteiger partial charge >= 0.3 is 38.2 Å². The Morgan fingerprint density at radius 1 is 0.679 bits per heavy atom. The Labute approximate surface area is 157 Å². The van der Waals surface area contributed by atoms with Crippen molar-refractivity contribution >= 4 is 43.9 Å². The van der Waals surface area contributed by atoms with E-state index in [-0.39, 0.29) is 13.5 Å². The van der Waals surface area contributed by atoms with Crippen molar-refractivity contribution in [2.45, 2.75) is 17.2 Å². The largest absolute Gasteiger partial charge is 0.441 e. The number of halogens is 3. The maximum absolute atomic E-state index is 13.5. The van der Waals surface area contributed by atoms with E-state index in [9.17, 15) is 49.2 Å². The minimum Gasteiger partial charge on any atom is -0.269 e. The van der Waals surface area contributed by atoms with E-state index < -0.39 is 54.2 Å². The van der Waals surface area contributed by atoms with Crippen LogP contribution >= 0.6 is 0 Å². The lowest BCUT2D eigenvalue weighted by Crippen LogP contribution is -2.63. The van der Waals surface area contributed by atoms with Gasteiger partial charge in [0.05, 0.1) is 0 Å². The lowest BCUT2D eigenvalue weighted by atomic mass is 10.4. The van der Waals surface area contributed by atoms with E-state index in [4.69, 9.17) is 0 Å². The highest BCUT2D eigenvalue weighted by Crippen LogP contribution is 2.31. The summed E-state index contributed by atoms with van der Waals surface area (Å²) in [5.74, 6) is -3.42. The molecule has 0 aliphatic carbocycles. The van der Waals surface area contributed by atoms with Gasteiger partial charge in [0.15, 0.2) is 0 Å². The first-order valence-corrected chi connectivity index (χ1v) is 9.83. The molecule has 1 atom stereocenters. The van der Waals surface area contributed by atoms with Crippen LogP contribution in [0.1, 0.15) is 6.92 Å². The second-order valence-electron chi connectivity index (χ2n) is 5.67. The minimum atomic E-state index is -5.21. The molecule has 0 radical (unpaired) electrons. The second-order valence-corrected chi connectivity index (χ2v) is 9.95. The second kappa shape index (κ2) is 6.57. The van der Waals surface area contributed by atoms with E-state index in [0.29, 0.717) is 18.9 Å². The van der Waals surface area contributed by atoms with Crippen LogP contribution in [0.2, 0.25) is 0 Å². The Morgan fingerprint density at radius 2 is 1.00 bits per heavy atom. The van der Waals surface area contributed by atoms with Crippen LogP contribution in [0.15, 0.2) is 0 Å². The number of carbonyl (C=O) groups excluding carboxylic acids is 4. The van der Waals surface area contributed by atoms with Crippen LogP contribution in [-0.4, -0.2) is 97.6 Å². The Hall–Kier alpha value is -2.43. The molecule has 0 saturated carbocycles. The molecule has 6 amide bonds. The van der Waals surface area contributed by atoms with Crippen molar-refractivity contribution < 1.29 is 49.2 Å². The van der Waals surface area contributed by atoms with Crippen LogP contribution in [0.5, 0.6) is 0 Å². The number of imide groups is 2. The van der Waals surface area contributed by atoms with Gasteiger partial charge in [0.1, 0.15) is 0 Å². The Kier molecular flexibility index (Phi) is 5.54. The summed E-state index contributed by atoms with van der Waals surface area (Å²) < 4.78 is 83.7. The zero-order valence-corrected chi connectivity index (χ0v) is 16.6. The lowest BCUT2D eigenvalue weighted by molar-refractivity contribution is -0.144. The molecule has 160 valence electrons. The van der Waals surface area contributed by atoms with Crippen molar-refractivity contribution in [3.63, 3.8) is 0 Å². The van der Waals surface area contributed by atoms with Gasteiger partial charge in [0.2, 0.25) is 0 Å². The number of nitrogens with zero attached hydrogens (tertiary/aromatic N) is 4. The van der Waals surface area contributed by atoms with Gasteiger partial charge in [-0.1, -0.05) is 0 Å². The molecule has 17 heteroatoms. The third-order valence-corrected chi connectivity index (χ3v) is 7.60. The summed E-state index contributed by atoms with van der Waals surface area (Å²) in [6, 6.07) is -2.37. The smallest absolute Gasteiger partial charge is 0.269 e. The molecule has 2 aliphatic rings.